The Labute approximate surface area is 212 Å². The fraction of sp³-hybridized carbons (Fsp3) is 0.273. The second kappa shape index (κ2) is 10.1. The predicted octanol–water partition coefficient (Wildman–Crippen LogP) is 3.62. The molecule has 0 fully saturated rings. The van der Waals surface area contributed by atoms with Gasteiger partial charge in [-0.15, -0.1) is 5.10 Å². The number of imidazole rings is 1. The molecule has 2 atom stereocenters. The maximum absolute atomic E-state index is 13.1. The maximum Gasteiger partial charge on any atom is 0.416 e. The van der Waals surface area contributed by atoms with Crippen LogP contribution in [0.5, 0.6) is 0 Å². The molecule has 0 spiro atoms. The van der Waals surface area contributed by atoms with Crippen molar-refractivity contribution < 1.29 is 23.4 Å². The van der Waals surface area contributed by atoms with Crippen LogP contribution in [0.15, 0.2) is 53.6 Å². The quantitative estimate of drug-likeness (QED) is 0.369. The number of halogens is 5. The summed E-state index contributed by atoms with van der Waals surface area (Å²) in [6.07, 6.45) is -5.94. The third-order valence-electron chi connectivity index (χ3n) is 5.22. The Kier molecular flexibility index (Phi) is 7.23. The summed E-state index contributed by atoms with van der Waals surface area (Å²) in [5.41, 5.74) is -0.287. The molecular formula is C22H19Cl2F3N6O3. The highest BCUT2D eigenvalue weighted by Crippen LogP contribution is 2.26. The largest absolute Gasteiger partial charge is 0.416 e. The number of benzene rings is 1. The highest BCUT2D eigenvalue weighted by atomic mass is 35.5. The number of pyridine rings is 1. The van der Waals surface area contributed by atoms with Crippen LogP contribution in [0.1, 0.15) is 24.7 Å². The van der Waals surface area contributed by atoms with Gasteiger partial charge >= 0.3 is 11.9 Å². The van der Waals surface area contributed by atoms with Crippen molar-refractivity contribution in [3.8, 4) is 17.1 Å². The van der Waals surface area contributed by atoms with Crippen molar-refractivity contribution in [3.63, 3.8) is 0 Å². The number of aliphatic hydroxyl groups is 2. The molecule has 0 amide bonds. The Morgan fingerprint density at radius 1 is 1.11 bits per heavy atom. The van der Waals surface area contributed by atoms with Crippen molar-refractivity contribution in [1.82, 2.24) is 28.9 Å². The zero-order chi connectivity index (χ0) is 26.2. The molecule has 0 aliphatic carbocycles. The minimum Gasteiger partial charge on any atom is -0.385 e. The summed E-state index contributed by atoms with van der Waals surface area (Å²) in [7, 11) is 0. The molecule has 0 saturated heterocycles. The van der Waals surface area contributed by atoms with Gasteiger partial charge in [-0.25, -0.2) is 14.8 Å². The molecule has 0 aliphatic heterocycles. The summed E-state index contributed by atoms with van der Waals surface area (Å²) < 4.78 is 42.4. The van der Waals surface area contributed by atoms with Crippen LogP contribution >= 0.6 is 23.2 Å². The molecule has 0 radical (unpaired) electrons. The smallest absolute Gasteiger partial charge is 0.385 e. The van der Waals surface area contributed by atoms with Crippen LogP contribution in [0.2, 0.25) is 10.0 Å². The van der Waals surface area contributed by atoms with E-state index >= 15 is 0 Å². The minimum absolute atomic E-state index is 0.0749. The zero-order valence-corrected chi connectivity index (χ0v) is 20.1. The van der Waals surface area contributed by atoms with E-state index in [0.29, 0.717) is 10.6 Å². The van der Waals surface area contributed by atoms with E-state index in [2.05, 4.69) is 15.1 Å². The van der Waals surface area contributed by atoms with Gasteiger partial charge in [-0.05, 0) is 36.8 Å². The average Bonchev–Trinajstić information content (AvgIpc) is 3.36. The van der Waals surface area contributed by atoms with Gasteiger partial charge in [0.15, 0.2) is 23.6 Å². The fourth-order valence-corrected chi connectivity index (χ4v) is 3.82. The number of aliphatic hydroxyl groups excluding tert-OH is 2. The van der Waals surface area contributed by atoms with Gasteiger partial charge in [0.05, 0.1) is 23.8 Å². The Balaban J connectivity index is 1.78. The van der Waals surface area contributed by atoms with Crippen LogP contribution in [-0.2, 0) is 13.1 Å². The van der Waals surface area contributed by atoms with Gasteiger partial charge in [-0.1, -0.05) is 35.3 Å². The summed E-state index contributed by atoms with van der Waals surface area (Å²) in [6, 6.07) is 9.32. The lowest BCUT2D eigenvalue weighted by Gasteiger charge is -2.16. The molecule has 190 valence electrons. The molecule has 0 aliphatic rings. The molecule has 4 aromatic rings. The molecule has 2 N–H and O–H groups in total. The van der Waals surface area contributed by atoms with Crippen molar-refractivity contribution in [3.05, 3.63) is 81.0 Å². The standard InChI is InChI=1S/C22H19Cl2F3N6O3/c1-12(34)19-29-18(30-33(19)20-15(24)3-2-8-28-20)11-31-9-16(13-4-6-14(23)7-5-13)32(21(31)36)10-17(35)22(25,26)27/h2-9,12,17,34-35H,10-11H2,1H3/t12-,17-/m0/s1. The van der Waals surface area contributed by atoms with Crippen LogP contribution in [0.4, 0.5) is 13.2 Å². The Hall–Kier alpha value is -3.19. The van der Waals surface area contributed by atoms with Crippen LogP contribution in [0.3, 0.4) is 0 Å². The number of aromatic nitrogens is 6. The second-order valence-electron chi connectivity index (χ2n) is 7.88. The SMILES string of the molecule is C[C@H](O)c1nc(Cn2cc(-c3ccc(Cl)cc3)n(C[C@H](O)C(F)(F)F)c2=O)nn1-c1ncccc1Cl. The van der Waals surface area contributed by atoms with Crippen LogP contribution < -0.4 is 5.69 Å². The number of hydrogen-bond donors (Lipinski definition) is 2. The molecule has 9 nitrogen and oxygen atoms in total. The average molecular weight is 543 g/mol. The number of alkyl halides is 3. The number of nitrogens with zero attached hydrogens (tertiary/aromatic N) is 6. The summed E-state index contributed by atoms with van der Waals surface area (Å²) in [5.74, 6) is 0.378. The Bertz CT molecular complexity index is 1430. The lowest BCUT2D eigenvalue weighted by Crippen LogP contribution is -2.37. The van der Waals surface area contributed by atoms with E-state index in [4.69, 9.17) is 23.2 Å². The van der Waals surface area contributed by atoms with Gasteiger partial charge in [-0.3, -0.25) is 9.13 Å². The molecule has 0 saturated carbocycles. The fourth-order valence-electron chi connectivity index (χ4n) is 3.50. The molecule has 0 unspecified atom stereocenters. The second-order valence-corrected chi connectivity index (χ2v) is 8.73. The third kappa shape index (κ3) is 5.31. The first-order chi connectivity index (χ1) is 17.0. The van der Waals surface area contributed by atoms with Crippen LogP contribution in [0.25, 0.3) is 17.1 Å². The normalized spacial score (nSPS) is 13.7. The van der Waals surface area contributed by atoms with Crippen LogP contribution in [-0.4, -0.2) is 51.4 Å². The van der Waals surface area contributed by atoms with Crippen molar-refractivity contribution in [2.75, 3.05) is 0 Å². The number of rotatable bonds is 7. The maximum atomic E-state index is 13.1. The third-order valence-corrected chi connectivity index (χ3v) is 5.77. The van der Waals surface area contributed by atoms with Crippen molar-refractivity contribution >= 4 is 23.2 Å². The first kappa shape index (κ1) is 25.9. The molecule has 3 aromatic heterocycles. The van der Waals surface area contributed by atoms with E-state index in [1.54, 1.807) is 24.3 Å². The molecular weight excluding hydrogens is 524 g/mol. The van der Waals surface area contributed by atoms with Gasteiger partial charge in [0.2, 0.25) is 0 Å². The summed E-state index contributed by atoms with van der Waals surface area (Å²) in [6.45, 7) is 0.199. The van der Waals surface area contributed by atoms with E-state index in [-0.39, 0.29) is 34.7 Å². The topological polar surface area (TPSA) is 111 Å². The van der Waals surface area contributed by atoms with Crippen molar-refractivity contribution in [1.29, 1.82) is 0 Å². The summed E-state index contributed by atoms with van der Waals surface area (Å²) in [4.78, 5) is 21.5. The van der Waals surface area contributed by atoms with Crippen LogP contribution in [0, 0.1) is 0 Å². The van der Waals surface area contributed by atoms with E-state index in [1.807, 2.05) is 0 Å². The molecule has 4 rings (SSSR count). The lowest BCUT2D eigenvalue weighted by atomic mass is 10.1. The highest BCUT2D eigenvalue weighted by molar-refractivity contribution is 6.32. The molecule has 1 aromatic carbocycles. The Morgan fingerprint density at radius 2 is 1.81 bits per heavy atom. The summed E-state index contributed by atoms with van der Waals surface area (Å²) >= 11 is 12.1. The lowest BCUT2D eigenvalue weighted by molar-refractivity contribution is -0.207. The Morgan fingerprint density at radius 3 is 2.42 bits per heavy atom. The summed E-state index contributed by atoms with van der Waals surface area (Å²) in [5, 5.41) is 24.8. The van der Waals surface area contributed by atoms with Gasteiger partial charge in [0, 0.05) is 17.4 Å². The first-order valence-corrected chi connectivity index (χ1v) is 11.3. The van der Waals surface area contributed by atoms with Gasteiger partial charge < -0.3 is 10.2 Å². The van der Waals surface area contributed by atoms with E-state index in [0.717, 1.165) is 9.13 Å². The monoisotopic (exact) mass is 542 g/mol. The minimum atomic E-state index is -4.92. The molecule has 0 bridgehead atoms. The number of hydrogen-bond acceptors (Lipinski definition) is 6. The molecule has 3 heterocycles. The van der Waals surface area contributed by atoms with Gasteiger partial charge in [-0.2, -0.15) is 17.9 Å². The van der Waals surface area contributed by atoms with E-state index in [9.17, 15) is 28.2 Å². The van der Waals surface area contributed by atoms with Gasteiger partial charge in [0.1, 0.15) is 6.10 Å². The van der Waals surface area contributed by atoms with Crippen molar-refractivity contribution in [2.45, 2.75) is 38.4 Å². The van der Waals surface area contributed by atoms with E-state index < -0.39 is 30.6 Å². The predicted molar refractivity (Wildman–Crippen MR) is 125 cm³/mol. The molecule has 14 heteroatoms. The molecule has 36 heavy (non-hydrogen) atoms. The highest BCUT2D eigenvalue weighted by Gasteiger charge is 2.39. The van der Waals surface area contributed by atoms with E-state index in [1.165, 1.54) is 36.1 Å². The zero-order valence-electron chi connectivity index (χ0n) is 18.6. The van der Waals surface area contributed by atoms with Gasteiger partial charge in [0.25, 0.3) is 0 Å². The van der Waals surface area contributed by atoms with Crippen molar-refractivity contribution in [2.24, 2.45) is 0 Å². The first-order valence-electron chi connectivity index (χ1n) is 10.5.